The molecule has 1 unspecified atom stereocenters. The van der Waals surface area contributed by atoms with Gasteiger partial charge in [-0.2, -0.15) is 0 Å². The van der Waals surface area contributed by atoms with Gasteiger partial charge in [0, 0.05) is 6.42 Å². The van der Waals surface area contributed by atoms with E-state index < -0.39 is 0 Å². The Bertz CT molecular complexity index is 156. The van der Waals surface area contributed by atoms with Gasteiger partial charge in [-0.1, -0.05) is 20.4 Å². The minimum Gasteiger partial charge on any atom is -0.295 e. The topological polar surface area (TPSA) is 17.1 Å². The predicted molar refractivity (Wildman–Crippen MR) is 37.1 cm³/mol. The fourth-order valence-electron chi connectivity index (χ4n) is 1.17. The predicted octanol–water partition coefficient (Wildman–Crippen LogP) is 1.79. The fraction of sp³-hybridized carbons (Fsp3) is 0.625. The van der Waals surface area contributed by atoms with Crippen LogP contribution in [0.4, 0.5) is 0 Å². The summed E-state index contributed by atoms with van der Waals surface area (Å²) in [6.07, 6.45) is 0.733. The van der Waals surface area contributed by atoms with Crippen LogP contribution in [0.1, 0.15) is 20.3 Å². The number of Topliss-reactive ketones (excluding diaryl/α,β-unsaturated/α-hetero) is 1. The van der Waals surface area contributed by atoms with Crippen molar-refractivity contribution in [1.29, 1.82) is 0 Å². The summed E-state index contributed by atoms with van der Waals surface area (Å²) < 4.78 is 0. The Labute approximate surface area is 55.8 Å². The largest absolute Gasteiger partial charge is 0.295 e. The lowest BCUT2D eigenvalue weighted by molar-refractivity contribution is -0.121. The summed E-state index contributed by atoms with van der Waals surface area (Å²) in [6.45, 7) is 7.95. The third-order valence-electron chi connectivity index (χ3n) is 2.02. The third-order valence-corrected chi connectivity index (χ3v) is 2.02. The molecule has 1 saturated carbocycles. The van der Waals surface area contributed by atoms with Crippen LogP contribution in [-0.4, -0.2) is 5.78 Å². The Morgan fingerprint density at radius 1 is 1.67 bits per heavy atom. The zero-order valence-electron chi connectivity index (χ0n) is 5.98. The average molecular weight is 124 g/mol. The molecule has 1 aliphatic rings. The van der Waals surface area contributed by atoms with Crippen molar-refractivity contribution < 1.29 is 4.79 Å². The Morgan fingerprint density at radius 3 is 2.33 bits per heavy atom. The van der Waals surface area contributed by atoms with Crippen LogP contribution in [-0.2, 0) is 4.79 Å². The van der Waals surface area contributed by atoms with Crippen molar-refractivity contribution in [2.75, 3.05) is 0 Å². The molecule has 0 bridgehead atoms. The van der Waals surface area contributed by atoms with E-state index in [1.165, 1.54) is 0 Å². The van der Waals surface area contributed by atoms with Crippen molar-refractivity contribution in [3.63, 3.8) is 0 Å². The number of carbonyl (C=O) groups excluding carboxylic acids is 1. The van der Waals surface area contributed by atoms with Crippen LogP contribution in [0.3, 0.4) is 0 Å². The first kappa shape index (κ1) is 6.53. The molecule has 1 atom stereocenters. The van der Waals surface area contributed by atoms with Crippen molar-refractivity contribution in [3.8, 4) is 0 Å². The van der Waals surface area contributed by atoms with E-state index in [9.17, 15) is 4.79 Å². The zero-order chi connectivity index (χ0) is 7.02. The highest BCUT2D eigenvalue weighted by Gasteiger charge is 2.33. The Balaban J connectivity index is 2.52. The maximum atomic E-state index is 10.6. The van der Waals surface area contributed by atoms with Gasteiger partial charge in [0.05, 0.1) is 0 Å². The lowest BCUT2D eigenvalue weighted by Gasteiger charge is -2.30. The molecule has 9 heavy (non-hydrogen) atoms. The molecule has 0 aromatic heterocycles. The van der Waals surface area contributed by atoms with Gasteiger partial charge in [-0.05, 0) is 17.4 Å². The molecule has 50 valence electrons. The summed E-state index contributed by atoms with van der Waals surface area (Å²) in [7, 11) is 0. The molecule has 1 heteroatoms. The molecule has 0 heterocycles. The first-order valence-corrected chi connectivity index (χ1v) is 3.35. The van der Waals surface area contributed by atoms with Gasteiger partial charge in [0.25, 0.3) is 0 Å². The maximum absolute atomic E-state index is 10.6. The second-order valence-electron chi connectivity index (χ2n) is 3.00. The van der Waals surface area contributed by atoms with Gasteiger partial charge >= 0.3 is 0 Å². The van der Waals surface area contributed by atoms with Crippen LogP contribution >= 0.6 is 0 Å². The van der Waals surface area contributed by atoms with Crippen molar-refractivity contribution in [2.24, 2.45) is 11.8 Å². The summed E-state index contributed by atoms with van der Waals surface area (Å²) in [5.74, 6) is 1.33. The molecular weight excluding hydrogens is 112 g/mol. The Hall–Kier alpha value is -0.590. The monoisotopic (exact) mass is 124 g/mol. The van der Waals surface area contributed by atoms with Gasteiger partial charge in [0.15, 0.2) is 5.78 Å². The summed E-state index contributed by atoms with van der Waals surface area (Å²) in [4.78, 5) is 10.6. The van der Waals surface area contributed by atoms with E-state index in [0.717, 1.165) is 12.0 Å². The van der Waals surface area contributed by atoms with E-state index in [-0.39, 0.29) is 5.78 Å². The van der Waals surface area contributed by atoms with E-state index >= 15 is 0 Å². The maximum Gasteiger partial charge on any atom is 0.159 e. The highest BCUT2D eigenvalue weighted by Crippen LogP contribution is 2.34. The summed E-state index contributed by atoms with van der Waals surface area (Å²) in [5.41, 5.74) is 0.838. The van der Waals surface area contributed by atoms with E-state index in [4.69, 9.17) is 0 Å². The molecule has 0 amide bonds. The van der Waals surface area contributed by atoms with E-state index in [1.54, 1.807) is 0 Å². The molecule has 1 rings (SSSR count). The SMILES string of the molecule is C=C1C(=O)CC1C(C)C. The molecule has 0 aromatic rings. The second kappa shape index (κ2) is 1.98. The number of rotatable bonds is 1. The zero-order valence-corrected chi connectivity index (χ0v) is 5.98. The van der Waals surface area contributed by atoms with Gasteiger partial charge in [-0.15, -0.1) is 0 Å². The number of hydrogen-bond donors (Lipinski definition) is 0. The van der Waals surface area contributed by atoms with E-state index in [0.29, 0.717) is 11.8 Å². The van der Waals surface area contributed by atoms with Crippen LogP contribution in [0.25, 0.3) is 0 Å². The van der Waals surface area contributed by atoms with Gasteiger partial charge in [-0.3, -0.25) is 4.79 Å². The molecule has 0 radical (unpaired) electrons. The Morgan fingerprint density at radius 2 is 2.22 bits per heavy atom. The smallest absolute Gasteiger partial charge is 0.159 e. The quantitative estimate of drug-likeness (QED) is 0.487. The minimum atomic E-state index is 0.258. The summed E-state index contributed by atoms with van der Waals surface area (Å²) in [6, 6.07) is 0. The summed E-state index contributed by atoms with van der Waals surface area (Å²) >= 11 is 0. The number of ketones is 1. The molecule has 0 spiro atoms. The standard InChI is InChI=1S/C8H12O/c1-5(2)7-4-8(9)6(7)3/h5,7H,3-4H2,1-2H3. The second-order valence-corrected chi connectivity index (χ2v) is 3.00. The minimum absolute atomic E-state index is 0.258. The van der Waals surface area contributed by atoms with Crippen molar-refractivity contribution in [2.45, 2.75) is 20.3 Å². The van der Waals surface area contributed by atoms with Crippen LogP contribution in [0.2, 0.25) is 0 Å². The molecule has 0 aliphatic heterocycles. The summed E-state index contributed by atoms with van der Waals surface area (Å²) in [5, 5.41) is 0. The highest BCUT2D eigenvalue weighted by molar-refractivity contribution is 6.02. The first-order valence-electron chi connectivity index (χ1n) is 3.35. The number of hydrogen-bond acceptors (Lipinski definition) is 1. The van der Waals surface area contributed by atoms with Crippen molar-refractivity contribution in [1.82, 2.24) is 0 Å². The van der Waals surface area contributed by atoms with Gasteiger partial charge in [0.2, 0.25) is 0 Å². The van der Waals surface area contributed by atoms with E-state index in [1.807, 2.05) is 0 Å². The van der Waals surface area contributed by atoms with Gasteiger partial charge < -0.3 is 0 Å². The molecular formula is C8H12O. The molecule has 1 fully saturated rings. The van der Waals surface area contributed by atoms with E-state index in [2.05, 4.69) is 20.4 Å². The third kappa shape index (κ3) is 0.913. The van der Waals surface area contributed by atoms with Gasteiger partial charge in [-0.25, -0.2) is 0 Å². The highest BCUT2D eigenvalue weighted by atomic mass is 16.1. The van der Waals surface area contributed by atoms with Crippen LogP contribution in [0.5, 0.6) is 0 Å². The van der Waals surface area contributed by atoms with Gasteiger partial charge in [0.1, 0.15) is 0 Å². The normalized spacial score (nSPS) is 26.8. The van der Waals surface area contributed by atoms with Crippen LogP contribution in [0.15, 0.2) is 12.2 Å². The van der Waals surface area contributed by atoms with Crippen LogP contribution < -0.4 is 0 Å². The lowest BCUT2D eigenvalue weighted by Crippen LogP contribution is -2.30. The van der Waals surface area contributed by atoms with Crippen molar-refractivity contribution in [3.05, 3.63) is 12.2 Å². The van der Waals surface area contributed by atoms with Crippen LogP contribution in [0, 0.1) is 11.8 Å². The number of allylic oxidation sites excluding steroid dienone is 1. The molecule has 1 aliphatic carbocycles. The average Bonchev–Trinajstić information content (AvgIpc) is 1.81. The molecule has 0 saturated heterocycles. The molecule has 0 N–H and O–H groups in total. The molecule has 1 nitrogen and oxygen atoms in total. The first-order chi connectivity index (χ1) is 4.13. The Kier molecular flexibility index (Phi) is 1.43. The fourth-order valence-corrected chi connectivity index (χ4v) is 1.17. The molecule has 0 aromatic carbocycles. The van der Waals surface area contributed by atoms with Crippen molar-refractivity contribution >= 4 is 5.78 Å². The number of carbonyl (C=O) groups is 1. The lowest BCUT2D eigenvalue weighted by atomic mass is 9.73.